The van der Waals surface area contributed by atoms with Crippen LogP contribution in [0.4, 0.5) is 5.69 Å². The third-order valence-corrected chi connectivity index (χ3v) is 4.26. The summed E-state index contributed by atoms with van der Waals surface area (Å²) >= 11 is 0. The molecule has 0 aliphatic heterocycles. The molecular weight excluding hydrogens is 414 g/mol. The molecule has 1 amide bonds. The molecule has 0 unspecified atom stereocenters. The summed E-state index contributed by atoms with van der Waals surface area (Å²) in [6, 6.07) is 13.3. The normalized spacial score (nSPS) is 10.4. The Hall–Kier alpha value is -3.55. The minimum absolute atomic E-state index is 0.198. The van der Waals surface area contributed by atoms with Crippen LogP contribution in [0.2, 0.25) is 0 Å². The van der Waals surface area contributed by atoms with Gasteiger partial charge in [0.1, 0.15) is 6.54 Å². The lowest BCUT2D eigenvalue weighted by Crippen LogP contribution is -2.39. The standard InChI is InChI=1S/C24H29NO7/c1-5-30-23(27)14-25(19-9-7-6-8-10-19)22(26)16-32-24(28)18-11-12-20(21(13-18)29-4)31-15-17(2)3/h6-13,17H,5,14-16H2,1-4H3. The van der Waals surface area contributed by atoms with Gasteiger partial charge in [-0.1, -0.05) is 32.0 Å². The van der Waals surface area contributed by atoms with Crippen molar-refractivity contribution in [1.82, 2.24) is 0 Å². The molecule has 8 heteroatoms. The molecule has 0 N–H and O–H groups in total. The maximum absolute atomic E-state index is 12.7. The Morgan fingerprint density at radius 1 is 0.969 bits per heavy atom. The van der Waals surface area contributed by atoms with Crippen LogP contribution < -0.4 is 14.4 Å². The number of hydrogen-bond acceptors (Lipinski definition) is 7. The van der Waals surface area contributed by atoms with Gasteiger partial charge in [0.05, 0.1) is 25.9 Å². The van der Waals surface area contributed by atoms with Gasteiger partial charge in [0.25, 0.3) is 5.91 Å². The predicted octanol–water partition coefficient (Wildman–Crippen LogP) is 3.48. The average Bonchev–Trinajstić information content (AvgIpc) is 2.80. The lowest BCUT2D eigenvalue weighted by atomic mass is 10.2. The number of esters is 2. The monoisotopic (exact) mass is 443 g/mol. The van der Waals surface area contributed by atoms with Crippen molar-refractivity contribution in [3.8, 4) is 11.5 Å². The first-order chi connectivity index (χ1) is 15.3. The van der Waals surface area contributed by atoms with Crippen molar-refractivity contribution in [1.29, 1.82) is 0 Å². The molecule has 8 nitrogen and oxygen atoms in total. The van der Waals surface area contributed by atoms with Crippen molar-refractivity contribution in [2.24, 2.45) is 5.92 Å². The summed E-state index contributed by atoms with van der Waals surface area (Å²) in [6.45, 7) is 5.60. The molecule has 0 fully saturated rings. The molecule has 2 aromatic rings. The number of anilines is 1. The number of amides is 1. The van der Waals surface area contributed by atoms with Crippen molar-refractivity contribution >= 4 is 23.5 Å². The van der Waals surface area contributed by atoms with E-state index in [9.17, 15) is 14.4 Å². The summed E-state index contributed by atoms with van der Waals surface area (Å²) in [7, 11) is 1.48. The number of hydrogen-bond donors (Lipinski definition) is 0. The maximum atomic E-state index is 12.7. The van der Waals surface area contributed by atoms with Crippen LogP contribution >= 0.6 is 0 Å². The molecule has 0 radical (unpaired) electrons. The fourth-order valence-corrected chi connectivity index (χ4v) is 2.73. The first-order valence-electron chi connectivity index (χ1n) is 10.3. The summed E-state index contributed by atoms with van der Waals surface area (Å²) in [4.78, 5) is 38.4. The Morgan fingerprint density at radius 3 is 2.31 bits per heavy atom. The zero-order valence-corrected chi connectivity index (χ0v) is 18.8. The van der Waals surface area contributed by atoms with E-state index in [4.69, 9.17) is 18.9 Å². The lowest BCUT2D eigenvalue weighted by Gasteiger charge is -2.21. The minimum atomic E-state index is -0.698. The topological polar surface area (TPSA) is 91.4 Å². The Balaban J connectivity index is 2.07. The van der Waals surface area contributed by atoms with Crippen LogP contribution in [0.3, 0.4) is 0 Å². The summed E-state index contributed by atoms with van der Waals surface area (Å²) < 4.78 is 21.1. The average molecular weight is 443 g/mol. The second-order valence-corrected chi connectivity index (χ2v) is 7.27. The number of rotatable bonds is 11. The number of benzene rings is 2. The van der Waals surface area contributed by atoms with Gasteiger partial charge >= 0.3 is 11.9 Å². The molecule has 0 saturated heterocycles. The van der Waals surface area contributed by atoms with E-state index in [1.165, 1.54) is 18.1 Å². The van der Waals surface area contributed by atoms with Crippen LogP contribution in [0.15, 0.2) is 48.5 Å². The van der Waals surface area contributed by atoms with Gasteiger partial charge < -0.3 is 18.9 Å². The third kappa shape index (κ3) is 7.30. The molecule has 0 bridgehead atoms. The number of ether oxygens (including phenoxy) is 4. The maximum Gasteiger partial charge on any atom is 0.338 e. The number of nitrogens with zero attached hydrogens (tertiary/aromatic N) is 1. The van der Waals surface area contributed by atoms with Crippen LogP contribution in [0, 0.1) is 5.92 Å². The summed E-state index contributed by atoms with van der Waals surface area (Å²) in [6.07, 6.45) is 0. The van der Waals surface area contributed by atoms with Crippen LogP contribution in [0.5, 0.6) is 11.5 Å². The molecule has 0 spiro atoms. The smallest absolute Gasteiger partial charge is 0.338 e. The van der Waals surface area contributed by atoms with Gasteiger partial charge in [0.15, 0.2) is 18.1 Å². The van der Waals surface area contributed by atoms with Crippen molar-refractivity contribution in [3.05, 3.63) is 54.1 Å². The molecule has 0 aromatic heterocycles. The molecule has 0 aliphatic carbocycles. The van der Waals surface area contributed by atoms with Gasteiger partial charge in [-0.2, -0.15) is 0 Å². The molecule has 172 valence electrons. The second kappa shape index (κ2) is 12.3. The van der Waals surface area contributed by atoms with Crippen molar-refractivity contribution < 1.29 is 33.3 Å². The fraction of sp³-hybridized carbons (Fsp3) is 0.375. The molecule has 0 heterocycles. The highest BCUT2D eigenvalue weighted by Crippen LogP contribution is 2.28. The molecule has 0 aliphatic rings. The van der Waals surface area contributed by atoms with E-state index in [0.29, 0.717) is 29.7 Å². The number of para-hydroxylation sites is 1. The number of carbonyl (C=O) groups is 3. The van der Waals surface area contributed by atoms with Gasteiger partial charge in [0, 0.05) is 5.69 Å². The highest BCUT2D eigenvalue weighted by atomic mass is 16.5. The Bertz CT molecular complexity index is 912. The fourth-order valence-electron chi connectivity index (χ4n) is 2.73. The van der Waals surface area contributed by atoms with Crippen molar-refractivity contribution in [2.45, 2.75) is 20.8 Å². The van der Waals surface area contributed by atoms with E-state index in [1.807, 2.05) is 13.8 Å². The van der Waals surface area contributed by atoms with E-state index in [1.54, 1.807) is 49.4 Å². The van der Waals surface area contributed by atoms with E-state index >= 15 is 0 Å². The first-order valence-corrected chi connectivity index (χ1v) is 10.3. The highest BCUT2D eigenvalue weighted by Gasteiger charge is 2.22. The predicted molar refractivity (Wildman–Crippen MR) is 119 cm³/mol. The van der Waals surface area contributed by atoms with E-state index < -0.39 is 24.5 Å². The largest absolute Gasteiger partial charge is 0.493 e. The quantitative estimate of drug-likeness (QED) is 0.491. The Kier molecular flexibility index (Phi) is 9.53. The molecular formula is C24H29NO7. The van der Waals surface area contributed by atoms with Crippen molar-refractivity contribution in [3.63, 3.8) is 0 Å². The van der Waals surface area contributed by atoms with Crippen LogP contribution in [-0.4, -0.2) is 51.3 Å². The molecule has 2 rings (SSSR count). The summed E-state index contributed by atoms with van der Waals surface area (Å²) in [5, 5.41) is 0. The zero-order valence-electron chi connectivity index (χ0n) is 18.8. The molecule has 0 atom stereocenters. The molecule has 0 saturated carbocycles. The lowest BCUT2D eigenvalue weighted by molar-refractivity contribution is -0.142. The van der Waals surface area contributed by atoms with Gasteiger partial charge in [-0.15, -0.1) is 0 Å². The highest BCUT2D eigenvalue weighted by molar-refractivity contribution is 6.00. The molecule has 2 aromatic carbocycles. The third-order valence-electron chi connectivity index (χ3n) is 4.26. The molecule has 32 heavy (non-hydrogen) atoms. The number of methoxy groups -OCH3 is 1. The minimum Gasteiger partial charge on any atom is -0.493 e. The first kappa shape index (κ1) is 24.7. The van der Waals surface area contributed by atoms with Crippen molar-refractivity contribution in [2.75, 3.05) is 38.4 Å². The second-order valence-electron chi connectivity index (χ2n) is 7.27. The summed E-state index contributed by atoms with van der Waals surface area (Å²) in [5.41, 5.74) is 0.707. The van der Waals surface area contributed by atoms with Crippen LogP contribution in [0.1, 0.15) is 31.1 Å². The van der Waals surface area contributed by atoms with Gasteiger partial charge in [-0.25, -0.2) is 4.79 Å². The van der Waals surface area contributed by atoms with E-state index in [0.717, 1.165) is 0 Å². The van der Waals surface area contributed by atoms with E-state index in [-0.39, 0.29) is 18.7 Å². The van der Waals surface area contributed by atoms with Crippen LogP contribution in [-0.2, 0) is 19.1 Å². The Morgan fingerprint density at radius 2 is 1.69 bits per heavy atom. The van der Waals surface area contributed by atoms with Gasteiger partial charge in [-0.05, 0) is 43.2 Å². The van der Waals surface area contributed by atoms with E-state index in [2.05, 4.69) is 0 Å². The summed E-state index contributed by atoms with van der Waals surface area (Å²) in [5.74, 6) is -0.578. The Labute approximate surface area is 188 Å². The van der Waals surface area contributed by atoms with Gasteiger partial charge in [-0.3, -0.25) is 14.5 Å². The zero-order chi connectivity index (χ0) is 23.5. The van der Waals surface area contributed by atoms with Gasteiger partial charge in [0.2, 0.25) is 0 Å². The van der Waals surface area contributed by atoms with Crippen LogP contribution in [0.25, 0.3) is 0 Å². The number of carbonyl (C=O) groups excluding carboxylic acids is 3. The SMILES string of the molecule is CCOC(=O)CN(C(=O)COC(=O)c1ccc(OCC(C)C)c(OC)c1)c1ccccc1.